The number of para-hydroxylation sites is 1. The molecule has 146 valence electrons. The summed E-state index contributed by atoms with van der Waals surface area (Å²) in [7, 11) is -3.69. The molecule has 1 atom stereocenters. The number of benzene rings is 2. The van der Waals surface area contributed by atoms with Gasteiger partial charge in [0, 0.05) is 18.0 Å². The molecule has 2 aromatic carbocycles. The van der Waals surface area contributed by atoms with E-state index >= 15 is 0 Å². The molecule has 4 heterocycles. The summed E-state index contributed by atoms with van der Waals surface area (Å²) in [4.78, 5) is 2.79. The molecule has 3 aromatic rings. The minimum atomic E-state index is -3.69. The zero-order chi connectivity index (χ0) is 19.3. The Labute approximate surface area is 166 Å². The zero-order valence-electron chi connectivity index (χ0n) is 16.0. The lowest BCUT2D eigenvalue weighted by molar-refractivity contribution is 0.0973. The first-order valence-corrected chi connectivity index (χ1v) is 11.4. The Morgan fingerprint density at radius 3 is 2.39 bits per heavy atom. The second kappa shape index (κ2) is 6.64. The molecule has 1 N–H and O–H groups in total. The van der Waals surface area contributed by atoms with Gasteiger partial charge in [-0.15, -0.1) is 0 Å². The molecule has 2 bridgehead atoms. The van der Waals surface area contributed by atoms with E-state index in [1.807, 2.05) is 49.4 Å². The summed E-state index contributed by atoms with van der Waals surface area (Å²) in [6.07, 6.45) is 2.37. The summed E-state index contributed by atoms with van der Waals surface area (Å²) < 4.78 is 28.6. The molecule has 6 heteroatoms. The summed E-state index contributed by atoms with van der Waals surface area (Å²) in [5, 5.41) is 4.53. The molecule has 5 nitrogen and oxygen atoms in total. The number of hydrogen-bond donors (Lipinski definition) is 1. The maximum atomic E-state index is 13.6. The summed E-state index contributed by atoms with van der Waals surface area (Å²) >= 11 is 0. The summed E-state index contributed by atoms with van der Waals surface area (Å²) in [6.45, 7) is 5.26. The van der Waals surface area contributed by atoms with Gasteiger partial charge in [-0.2, -0.15) is 0 Å². The van der Waals surface area contributed by atoms with Gasteiger partial charge in [0.15, 0.2) is 0 Å². The van der Waals surface area contributed by atoms with Crippen LogP contribution >= 0.6 is 0 Å². The van der Waals surface area contributed by atoms with E-state index in [1.165, 1.54) is 16.8 Å². The predicted molar refractivity (Wildman–Crippen MR) is 112 cm³/mol. The van der Waals surface area contributed by atoms with E-state index in [9.17, 15) is 8.42 Å². The van der Waals surface area contributed by atoms with Crippen LogP contribution in [0.25, 0.3) is 10.9 Å². The molecule has 0 radical (unpaired) electrons. The number of hydrogen-bond acceptors (Lipinski definition) is 4. The first-order chi connectivity index (χ1) is 13.5. The molecule has 0 aliphatic carbocycles. The monoisotopic (exact) mass is 395 g/mol. The van der Waals surface area contributed by atoms with Gasteiger partial charge in [0.1, 0.15) is 5.82 Å². The van der Waals surface area contributed by atoms with Gasteiger partial charge in [0.2, 0.25) is 0 Å². The Morgan fingerprint density at radius 1 is 1.00 bits per heavy atom. The van der Waals surface area contributed by atoms with Crippen molar-refractivity contribution in [1.82, 2.24) is 8.87 Å². The third-order valence-electron chi connectivity index (χ3n) is 6.22. The SMILES string of the molecule is Cc1ccc(S(=O)(=O)n2c(NC3CN4CCC3CC4)cc3ccccc32)cc1. The van der Waals surface area contributed by atoms with Crippen molar-refractivity contribution in [3.05, 3.63) is 60.2 Å². The number of nitrogens with zero attached hydrogens (tertiary/aromatic N) is 2. The maximum Gasteiger partial charge on any atom is 0.269 e. The Balaban J connectivity index is 1.61. The molecule has 0 spiro atoms. The highest BCUT2D eigenvalue weighted by Gasteiger charge is 2.35. The molecule has 28 heavy (non-hydrogen) atoms. The molecule has 3 saturated heterocycles. The molecule has 0 saturated carbocycles. The molecule has 3 aliphatic heterocycles. The maximum absolute atomic E-state index is 13.6. The fourth-order valence-electron chi connectivity index (χ4n) is 4.62. The Morgan fingerprint density at radius 2 is 1.71 bits per heavy atom. The standard InChI is InChI=1S/C22H25N3O2S/c1-16-6-8-19(9-7-16)28(26,27)25-21-5-3-2-4-18(21)14-22(25)23-20-15-24-12-10-17(20)11-13-24/h2-9,14,17,20,23H,10-13,15H2,1H3. The summed E-state index contributed by atoms with van der Waals surface area (Å²) in [6, 6.07) is 17.0. The Kier molecular flexibility index (Phi) is 4.21. The van der Waals surface area contributed by atoms with Crippen LogP contribution in [-0.2, 0) is 10.0 Å². The molecule has 0 amide bonds. The second-order valence-electron chi connectivity index (χ2n) is 8.06. The number of fused-ring (bicyclic) bond motifs is 4. The number of aryl methyl sites for hydroxylation is 1. The lowest BCUT2D eigenvalue weighted by Crippen LogP contribution is -2.53. The normalized spacial score (nSPS) is 24.5. The van der Waals surface area contributed by atoms with Crippen molar-refractivity contribution in [3.63, 3.8) is 0 Å². The fourth-order valence-corrected chi connectivity index (χ4v) is 6.10. The van der Waals surface area contributed by atoms with Gasteiger partial charge in [-0.25, -0.2) is 12.4 Å². The van der Waals surface area contributed by atoms with Crippen LogP contribution in [-0.4, -0.2) is 43.0 Å². The molecular formula is C22H25N3O2S. The number of nitrogens with one attached hydrogen (secondary N) is 1. The first-order valence-electron chi connectivity index (χ1n) is 9.94. The van der Waals surface area contributed by atoms with Gasteiger partial charge in [-0.1, -0.05) is 35.9 Å². The van der Waals surface area contributed by atoms with Crippen LogP contribution in [0.15, 0.2) is 59.5 Å². The van der Waals surface area contributed by atoms with Gasteiger partial charge in [-0.05, 0) is 63.0 Å². The van der Waals surface area contributed by atoms with Gasteiger partial charge < -0.3 is 10.2 Å². The lowest BCUT2D eigenvalue weighted by atomic mass is 9.84. The van der Waals surface area contributed by atoms with Crippen LogP contribution in [0.5, 0.6) is 0 Å². The number of aromatic nitrogens is 1. The number of rotatable bonds is 4. The van der Waals surface area contributed by atoms with Gasteiger partial charge in [0.25, 0.3) is 10.0 Å². The van der Waals surface area contributed by atoms with E-state index in [4.69, 9.17) is 0 Å². The molecule has 6 rings (SSSR count). The van der Waals surface area contributed by atoms with Crippen molar-refractivity contribution in [2.75, 3.05) is 25.0 Å². The molecule has 3 fully saturated rings. The topological polar surface area (TPSA) is 54.3 Å². The first kappa shape index (κ1) is 17.8. The summed E-state index contributed by atoms with van der Waals surface area (Å²) in [5.74, 6) is 1.28. The van der Waals surface area contributed by atoms with Crippen molar-refractivity contribution in [2.45, 2.75) is 30.7 Å². The van der Waals surface area contributed by atoms with E-state index < -0.39 is 10.0 Å². The van der Waals surface area contributed by atoms with Crippen LogP contribution < -0.4 is 5.32 Å². The highest BCUT2D eigenvalue weighted by Crippen LogP contribution is 2.33. The van der Waals surface area contributed by atoms with E-state index in [0.29, 0.717) is 28.2 Å². The van der Waals surface area contributed by atoms with Crippen molar-refractivity contribution in [2.24, 2.45) is 5.92 Å². The number of piperidine rings is 3. The van der Waals surface area contributed by atoms with E-state index in [-0.39, 0.29) is 0 Å². The summed E-state index contributed by atoms with van der Waals surface area (Å²) in [5.41, 5.74) is 1.76. The minimum Gasteiger partial charge on any atom is -0.366 e. The van der Waals surface area contributed by atoms with Crippen LogP contribution in [0, 0.1) is 12.8 Å². The Bertz CT molecular complexity index is 1110. The highest BCUT2D eigenvalue weighted by atomic mass is 32.2. The van der Waals surface area contributed by atoms with E-state index in [2.05, 4.69) is 10.2 Å². The second-order valence-corrected chi connectivity index (χ2v) is 9.85. The van der Waals surface area contributed by atoms with Gasteiger partial charge in [-0.3, -0.25) is 0 Å². The number of anilines is 1. The van der Waals surface area contributed by atoms with Crippen LogP contribution in [0.1, 0.15) is 18.4 Å². The van der Waals surface area contributed by atoms with Crippen molar-refractivity contribution >= 4 is 26.7 Å². The third-order valence-corrected chi connectivity index (χ3v) is 7.96. The average Bonchev–Trinajstić information content (AvgIpc) is 3.08. The highest BCUT2D eigenvalue weighted by molar-refractivity contribution is 7.90. The molecule has 1 unspecified atom stereocenters. The van der Waals surface area contributed by atoms with Gasteiger partial charge >= 0.3 is 0 Å². The lowest BCUT2D eigenvalue weighted by Gasteiger charge is -2.45. The largest absolute Gasteiger partial charge is 0.366 e. The van der Waals surface area contributed by atoms with E-state index in [0.717, 1.165) is 30.6 Å². The van der Waals surface area contributed by atoms with Crippen LogP contribution in [0.3, 0.4) is 0 Å². The quantitative estimate of drug-likeness (QED) is 0.732. The molecule has 1 aromatic heterocycles. The molecular weight excluding hydrogens is 370 g/mol. The van der Waals surface area contributed by atoms with Crippen molar-refractivity contribution < 1.29 is 8.42 Å². The van der Waals surface area contributed by atoms with Crippen molar-refractivity contribution in [1.29, 1.82) is 0 Å². The zero-order valence-corrected chi connectivity index (χ0v) is 16.8. The van der Waals surface area contributed by atoms with Crippen LogP contribution in [0.4, 0.5) is 5.82 Å². The van der Waals surface area contributed by atoms with Crippen LogP contribution in [0.2, 0.25) is 0 Å². The Hall–Kier alpha value is -2.31. The fraction of sp³-hybridized carbons (Fsp3) is 0.364. The third kappa shape index (κ3) is 2.91. The minimum absolute atomic E-state index is 0.291. The van der Waals surface area contributed by atoms with Gasteiger partial charge in [0.05, 0.1) is 10.4 Å². The van der Waals surface area contributed by atoms with Crippen molar-refractivity contribution in [3.8, 4) is 0 Å². The average molecular weight is 396 g/mol. The predicted octanol–water partition coefficient (Wildman–Crippen LogP) is 3.69. The molecule has 3 aliphatic rings. The smallest absolute Gasteiger partial charge is 0.269 e. The van der Waals surface area contributed by atoms with E-state index in [1.54, 1.807) is 12.1 Å².